The van der Waals surface area contributed by atoms with Crippen LogP contribution in [0.15, 0.2) is 6.07 Å². The molecule has 1 rings (SSSR count). The first kappa shape index (κ1) is 15.2. The second-order valence-corrected chi connectivity index (χ2v) is 3.93. The number of hydrogen-bond acceptors (Lipinski definition) is 6. The molecule has 19 heavy (non-hydrogen) atoms. The Hall–Kier alpha value is -1.89. The van der Waals surface area contributed by atoms with Crippen LogP contribution in [0.2, 0.25) is 0 Å². The Kier molecular flexibility index (Phi) is 6.01. The van der Waals surface area contributed by atoms with Crippen molar-refractivity contribution in [1.29, 1.82) is 0 Å². The van der Waals surface area contributed by atoms with Gasteiger partial charge in [0.15, 0.2) is 0 Å². The highest BCUT2D eigenvalue weighted by Gasteiger charge is 2.14. The third-order valence-electron chi connectivity index (χ3n) is 2.33. The van der Waals surface area contributed by atoms with Crippen LogP contribution >= 0.6 is 0 Å². The molecule has 1 atom stereocenters. The fourth-order valence-corrected chi connectivity index (χ4v) is 1.55. The standard InChI is InChI=1S/C12H19N3O4/c1-4-19-9(6-11(16)17)7-13-12-14-8(2)5-10(15-12)18-3/h5,9H,4,6-7H2,1-3H3,(H,16,17)(H,13,14,15). The van der Waals surface area contributed by atoms with E-state index in [-0.39, 0.29) is 6.42 Å². The van der Waals surface area contributed by atoms with Gasteiger partial charge >= 0.3 is 5.97 Å². The second-order valence-electron chi connectivity index (χ2n) is 3.93. The van der Waals surface area contributed by atoms with E-state index in [1.54, 1.807) is 6.07 Å². The lowest BCUT2D eigenvalue weighted by Gasteiger charge is -2.16. The normalized spacial score (nSPS) is 11.9. The van der Waals surface area contributed by atoms with E-state index in [2.05, 4.69) is 15.3 Å². The Morgan fingerprint density at radius 2 is 2.26 bits per heavy atom. The van der Waals surface area contributed by atoms with Gasteiger partial charge in [0.05, 0.1) is 19.6 Å². The molecule has 2 N–H and O–H groups in total. The zero-order valence-electron chi connectivity index (χ0n) is 11.3. The van der Waals surface area contributed by atoms with Gasteiger partial charge in [-0.05, 0) is 13.8 Å². The number of aryl methyl sites for hydroxylation is 1. The van der Waals surface area contributed by atoms with Crippen molar-refractivity contribution in [2.24, 2.45) is 0 Å². The summed E-state index contributed by atoms with van der Waals surface area (Å²) in [7, 11) is 1.53. The number of rotatable bonds is 8. The summed E-state index contributed by atoms with van der Waals surface area (Å²) in [5, 5.41) is 11.7. The molecule has 0 aliphatic carbocycles. The molecular formula is C12H19N3O4. The van der Waals surface area contributed by atoms with Crippen molar-refractivity contribution in [2.45, 2.75) is 26.4 Å². The van der Waals surface area contributed by atoms with E-state index in [1.165, 1.54) is 7.11 Å². The number of anilines is 1. The topological polar surface area (TPSA) is 93.6 Å². The van der Waals surface area contributed by atoms with Crippen molar-refractivity contribution >= 4 is 11.9 Å². The Balaban J connectivity index is 2.62. The number of carboxylic acid groups (broad SMARTS) is 1. The predicted octanol–water partition coefficient (Wildman–Crippen LogP) is 1.09. The van der Waals surface area contributed by atoms with Gasteiger partial charge in [-0.15, -0.1) is 0 Å². The summed E-state index contributed by atoms with van der Waals surface area (Å²) in [6.45, 7) is 4.43. The summed E-state index contributed by atoms with van der Waals surface area (Å²) in [5.41, 5.74) is 0.764. The van der Waals surface area contributed by atoms with Crippen LogP contribution in [0.3, 0.4) is 0 Å². The minimum Gasteiger partial charge on any atom is -0.481 e. The van der Waals surface area contributed by atoms with E-state index in [9.17, 15) is 4.79 Å². The average molecular weight is 269 g/mol. The summed E-state index contributed by atoms with van der Waals surface area (Å²) in [5.74, 6) is -0.0453. The number of carbonyl (C=O) groups is 1. The molecule has 0 amide bonds. The van der Waals surface area contributed by atoms with Crippen LogP contribution in [-0.2, 0) is 9.53 Å². The fourth-order valence-electron chi connectivity index (χ4n) is 1.55. The third-order valence-corrected chi connectivity index (χ3v) is 2.33. The Morgan fingerprint density at radius 1 is 1.53 bits per heavy atom. The second kappa shape index (κ2) is 7.52. The largest absolute Gasteiger partial charge is 0.481 e. The molecule has 0 radical (unpaired) electrons. The van der Waals surface area contributed by atoms with Crippen molar-refractivity contribution in [3.05, 3.63) is 11.8 Å². The number of aliphatic carboxylic acids is 1. The molecule has 7 heteroatoms. The first-order chi connectivity index (χ1) is 9.05. The summed E-state index contributed by atoms with van der Waals surface area (Å²) in [6, 6.07) is 1.71. The molecule has 1 unspecified atom stereocenters. The molecule has 0 aromatic carbocycles. The molecule has 106 valence electrons. The molecule has 0 fully saturated rings. The zero-order valence-corrected chi connectivity index (χ0v) is 11.3. The summed E-state index contributed by atoms with van der Waals surface area (Å²) >= 11 is 0. The molecule has 7 nitrogen and oxygen atoms in total. The van der Waals surface area contributed by atoms with Crippen LogP contribution < -0.4 is 10.1 Å². The number of ether oxygens (including phenoxy) is 2. The Labute approximate surface area is 112 Å². The third kappa shape index (κ3) is 5.52. The first-order valence-electron chi connectivity index (χ1n) is 6.02. The van der Waals surface area contributed by atoms with Crippen molar-refractivity contribution in [1.82, 2.24) is 9.97 Å². The Bertz CT molecular complexity index is 425. The number of nitrogens with zero attached hydrogens (tertiary/aromatic N) is 2. The van der Waals surface area contributed by atoms with Crippen molar-refractivity contribution < 1.29 is 19.4 Å². The highest BCUT2D eigenvalue weighted by Crippen LogP contribution is 2.11. The van der Waals surface area contributed by atoms with Gasteiger partial charge < -0.3 is 19.9 Å². The van der Waals surface area contributed by atoms with Crippen molar-refractivity contribution in [3.8, 4) is 5.88 Å². The van der Waals surface area contributed by atoms with Gasteiger partial charge in [0.25, 0.3) is 0 Å². The van der Waals surface area contributed by atoms with E-state index in [0.717, 1.165) is 5.69 Å². The highest BCUT2D eigenvalue weighted by atomic mass is 16.5. The number of nitrogens with one attached hydrogen (secondary N) is 1. The minimum atomic E-state index is -0.900. The van der Waals surface area contributed by atoms with E-state index < -0.39 is 12.1 Å². The van der Waals surface area contributed by atoms with Crippen LogP contribution in [0.5, 0.6) is 5.88 Å². The van der Waals surface area contributed by atoms with Gasteiger partial charge in [0, 0.05) is 24.9 Å². The van der Waals surface area contributed by atoms with Crippen LogP contribution in [0, 0.1) is 6.92 Å². The molecule has 0 saturated carbocycles. The number of hydrogen-bond donors (Lipinski definition) is 2. The van der Waals surface area contributed by atoms with E-state index in [4.69, 9.17) is 14.6 Å². The van der Waals surface area contributed by atoms with E-state index >= 15 is 0 Å². The summed E-state index contributed by atoms with van der Waals surface area (Å²) in [4.78, 5) is 19.0. The monoisotopic (exact) mass is 269 g/mol. The summed E-state index contributed by atoms with van der Waals surface area (Å²) in [6.07, 6.45) is -0.485. The van der Waals surface area contributed by atoms with Gasteiger partial charge in [0.1, 0.15) is 0 Å². The fraction of sp³-hybridized carbons (Fsp3) is 0.583. The molecule has 1 heterocycles. The zero-order chi connectivity index (χ0) is 14.3. The van der Waals surface area contributed by atoms with Crippen LogP contribution in [0.1, 0.15) is 19.0 Å². The molecule has 0 bridgehead atoms. The van der Waals surface area contributed by atoms with Crippen LogP contribution in [0.25, 0.3) is 0 Å². The molecular weight excluding hydrogens is 250 g/mol. The smallest absolute Gasteiger partial charge is 0.306 e. The highest BCUT2D eigenvalue weighted by molar-refractivity contribution is 5.67. The van der Waals surface area contributed by atoms with E-state index in [1.807, 2.05) is 13.8 Å². The molecule has 0 spiro atoms. The summed E-state index contributed by atoms with van der Waals surface area (Å²) < 4.78 is 10.4. The quantitative estimate of drug-likeness (QED) is 0.729. The molecule has 1 aromatic heterocycles. The SMILES string of the molecule is CCOC(CNc1nc(C)cc(OC)n1)CC(=O)O. The van der Waals surface area contributed by atoms with Crippen molar-refractivity contribution in [2.75, 3.05) is 25.6 Å². The van der Waals surface area contributed by atoms with Gasteiger partial charge in [-0.3, -0.25) is 4.79 Å². The Morgan fingerprint density at radius 3 is 2.84 bits per heavy atom. The van der Waals surface area contributed by atoms with Crippen LogP contribution in [-0.4, -0.2) is 47.4 Å². The first-order valence-corrected chi connectivity index (χ1v) is 6.02. The minimum absolute atomic E-state index is 0.0657. The lowest BCUT2D eigenvalue weighted by molar-refractivity contribution is -0.139. The molecule has 0 aliphatic heterocycles. The van der Waals surface area contributed by atoms with Gasteiger partial charge in [0.2, 0.25) is 11.8 Å². The maximum atomic E-state index is 10.7. The van der Waals surface area contributed by atoms with E-state index in [0.29, 0.717) is 25.0 Å². The van der Waals surface area contributed by atoms with Crippen molar-refractivity contribution in [3.63, 3.8) is 0 Å². The molecule has 1 aromatic rings. The lowest BCUT2D eigenvalue weighted by Crippen LogP contribution is -2.27. The number of carboxylic acids is 1. The van der Waals surface area contributed by atoms with Gasteiger partial charge in [-0.1, -0.05) is 0 Å². The van der Waals surface area contributed by atoms with Gasteiger partial charge in [-0.25, -0.2) is 4.98 Å². The maximum absolute atomic E-state index is 10.7. The number of aromatic nitrogens is 2. The predicted molar refractivity (Wildman–Crippen MR) is 69.5 cm³/mol. The van der Waals surface area contributed by atoms with Crippen LogP contribution in [0.4, 0.5) is 5.95 Å². The number of methoxy groups -OCH3 is 1. The van der Waals surface area contributed by atoms with Gasteiger partial charge in [-0.2, -0.15) is 4.98 Å². The lowest BCUT2D eigenvalue weighted by atomic mass is 10.2. The molecule has 0 saturated heterocycles. The molecule has 0 aliphatic rings. The average Bonchev–Trinajstić information content (AvgIpc) is 2.35. The maximum Gasteiger partial charge on any atom is 0.306 e.